The molecule has 9 heteroatoms. The van der Waals surface area contributed by atoms with Gasteiger partial charge in [0.05, 0.1) is 32.3 Å². The van der Waals surface area contributed by atoms with Gasteiger partial charge < -0.3 is 35.0 Å². The Hall–Kier alpha value is -2.62. The lowest BCUT2D eigenvalue weighted by atomic mass is 9.76. The molecule has 9 nitrogen and oxygen atoms in total. The molecular weight excluding hydrogens is 512 g/mol. The number of carbonyl (C=O) groups excluding carboxylic acids is 2. The van der Waals surface area contributed by atoms with Gasteiger partial charge in [0.15, 0.2) is 11.5 Å². The van der Waals surface area contributed by atoms with Crippen LogP contribution in [0.2, 0.25) is 0 Å². The Kier molecular flexibility index (Phi) is 10.9. The summed E-state index contributed by atoms with van der Waals surface area (Å²) in [6.45, 7) is 1.82. The number of benzene rings is 1. The maximum atomic E-state index is 13.8. The Labute approximate surface area is 237 Å². The van der Waals surface area contributed by atoms with Crippen molar-refractivity contribution in [1.82, 2.24) is 10.2 Å². The first-order valence-corrected chi connectivity index (χ1v) is 15.0. The number of aliphatic hydroxyl groups excluding tert-OH is 3. The summed E-state index contributed by atoms with van der Waals surface area (Å²) < 4.78 is 11.9. The molecule has 4 atom stereocenters. The fraction of sp³-hybridized carbons (Fsp3) is 0.677. The lowest BCUT2D eigenvalue weighted by Gasteiger charge is -2.45. The van der Waals surface area contributed by atoms with Crippen molar-refractivity contribution in [2.24, 2.45) is 0 Å². The fourth-order valence-electron chi connectivity index (χ4n) is 6.57. The zero-order valence-electron chi connectivity index (χ0n) is 23.9. The van der Waals surface area contributed by atoms with E-state index in [9.17, 15) is 24.9 Å². The lowest BCUT2D eigenvalue weighted by Crippen LogP contribution is -2.58. The van der Waals surface area contributed by atoms with Gasteiger partial charge in [0, 0.05) is 30.1 Å². The summed E-state index contributed by atoms with van der Waals surface area (Å²) in [6.07, 6.45) is 10.4. The van der Waals surface area contributed by atoms with Crippen molar-refractivity contribution < 1.29 is 34.4 Å². The van der Waals surface area contributed by atoms with E-state index in [1.54, 1.807) is 18.2 Å². The van der Waals surface area contributed by atoms with Crippen molar-refractivity contribution in [2.45, 2.75) is 114 Å². The molecular formula is C31H46N2O7. The number of hydrogen-bond donors (Lipinski definition) is 4. The molecule has 4 rings (SSSR count). The van der Waals surface area contributed by atoms with Crippen molar-refractivity contribution >= 4 is 11.8 Å². The van der Waals surface area contributed by atoms with Crippen LogP contribution in [0.15, 0.2) is 23.8 Å². The molecule has 0 spiro atoms. The number of fused-ring (bicyclic) bond motifs is 3. The monoisotopic (exact) mass is 558 g/mol. The number of hydrogen-bond acceptors (Lipinski definition) is 7. The largest absolute Gasteiger partial charge is 0.493 e. The van der Waals surface area contributed by atoms with Gasteiger partial charge in [0.25, 0.3) is 0 Å². The van der Waals surface area contributed by atoms with Crippen molar-refractivity contribution in [3.63, 3.8) is 0 Å². The smallest absolute Gasteiger partial charge is 0.247 e. The zero-order chi connectivity index (χ0) is 28.6. The zero-order valence-corrected chi connectivity index (χ0v) is 23.9. The Morgan fingerprint density at radius 2 is 1.85 bits per heavy atom. The minimum absolute atomic E-state index is 0.00734. The van der Waals surface area contributed by atoms with Crippen molar-refractivity contribution in [3.8, 4) is 11.5 Å². The number of ether oxygens (including phenoxy) is 2. The van der Waals surface area contributed by atoms with Crippen LogP contribution >= 0.6 is 0 Å². The molecule has 1 aromatic rings. The second kappa shape index (κ2) is 14.3. The van der Waals surface area contributed by atoms with Gasteiger partial charge in [-0.2, -0.15) is 0 Å². The summed E-state index contributed by atoms with van der Waals surface area (Å²) in [6, 6.07) is 2.74. The Bertz CT molecular complexity index is 1050. The first kappa shape index (κ1) is 30.3. The molecule has 40 heavy (non-hydrogen) atoms. The van der Waals surface area contributed by atoms with Crippen molar-refractivity contribution in [2.75, 3.05) is 20.3 Å². The van der Waals surface area contributed by atoms with Crippen molar-refractivity contribution in [3.05, 3.63) is 34.9 Å². The highest BCUT2D eigenvalue weighted by Crippen LogP contribution is 2.51. The van der Waals surface area contributed by atoms with Crippen LogP contribution in [0.3, 0.4) is 0 Å². The number of rotatable bonds is 13. The maximum Gasteiger partial charge on any atom is 0.247 e. The van der Waals surface area contributed by atoms with E-state index in [4.69, 9.17) is 9.47 Å². The van der Waals surface area contributed by atoms with Gasteiger partial charge in [-0.1, -0.05) is 51.9 Å². The molecule has 0 aromatic heterocycles. The summed E-state index contributed by atoms with van der Waals surface area (Å²) >= 11 is 0. The summed E-state index contributed by atoms with van der Waals surface area (Å²) in [7, 11) is 1.51. The molecule has 1 saturated carbocycles. The van der Waals surface area contributed by atoms with E-state index in [2.05, 4.69) is 12.2 Å². The van der Waals surface area contributed by atoms with Gasteiger partial charge in [-0.05, 0) is 43.0 Å². The summed E-state index contributed by atoms with van der Waals surface area (Å²) in [5, 5.41) is 33.8. The SMILES string of the molecule is CCCCCCCC(=O)N(C1CCCCC1)C1C=C(C(=O)NCCO)C2c3cc(CO)cc(OC)c3OC2C1O. The predicted molar refractivity (Wildman–Crippen MR) is 151 cm³/mol. The number of unbranched alkanes of at least 4 members (excludes halogenated alkanes) is 4. The third-order valence-electron chi connectivity index (χ3n) is 8.57. The van der Waals surface area contributed by atoms with Crippen LogP contribution in [-0.4, -0.2) is 76.6 Å². The first-order valence-electron chi connectivity index (χ1n) is 15.0. The second-order valence-corrected chi connectivity index (χ2v) is 11.3. The number of nitrogens with zero attached hydrogens (tertiary/aromatic N) is 1. The summed E-state index contributed by atoms with van der Waals surface area (Å²) in [4.78, 5) is 29.2. The summed E-state index contributed by atoms with van der Waals surface area (Å²) in [5.41, 5.74) is 1.65. The highest BCUT2D eigenvalue weighted by atomic mass is 16.5. The van der Waals surface area contributed by atoms with Crippen LogP contribution in [-0.2, 0) is 16.2 Å². The number of aliphatic hydroxyl groups is 3. The summed E-state index contributed by atoms with van der Waals surface area (Å²) in [5.74, 6) is -0.129. The molecule has 2 amide bonds. The molecule has 0 bridgehead atoms. The van der Waals surface area contributed by atoms with Crippen LogP contribution in [0.5, 0.6) is 11.5 Å². The molecule has 1 fully saturated rings. The molecule has 4 N–H and O–H groups in total. The molecule has 222 valence electrons. The number of methoxy groups -OCH3 is 1. The normalized spacial score (nSPS) is 24.0. The fourth-order valence-corrected chi connectivity index (χ4v) is 6.57. The van der Waals surface area contributed by atoms with Gasteiger partial charge in [-0.15, -0.1) is 0 Å². The Morgan fingerprint density at radius 3 is 2.52 bits per heavy atom. The molecule has 3 aliphatic rings. The van der Waals surface area contributed by atoms with Crippen LogP contribution in [0.4, 0.5) is 0 Å². The van der Waals surface area contributed by atoms with Gasteiger partial charge in [0.2, 0.25) is 11.8 Å². The molecule has 2 aliphatic carbocycles. The van der Waals surface area contributed by atoms with E-state index in [1.165, 1.54) is 7.11 Å². The molecule has 1 aliphatic heterocycles. The number of carbonyl (C=O) groups is 2. The third-order valence-corrected chi connectivity index (χ3v) is 8.57. The highest BCUT2D eigenvalue weighted by molar-refractivity contribution is 5.96. The van der Waals surface area contributed by atoms with E-state index in [0.29, 0.717) is 34.6 Å². The quantitative estimate of drug-likeness (QED) is 0.273. The average Bonchev–Trinajstić information content (AvgIpc) is 3.37. The average molecular weight is 559 g/mol. The standard InChI is InChI=1S/C31H46N2O7/c1-3-4-5-6-10-13-26(36)33(21-11-8-7-9-12-21)24-18-23(31(38)32-14-15-34)27-22-16-20(19-35)17-25(39-2)29(22)40-30(27)28(24)37/h16-18,21,24,27-28,30,34-35,37H,3-15,19H2,1-2H3,(H,32,38). The molecule has 0 radical (unpaired) electrons. The van der Waals surface area contributed by atoms with Gasteiger partial charge >= 0.3 is 0 Å². The van der Waals surface area contributed by atoms with Crippen molar-refractivity contribution in [1.29, 1.82) is 0 Å². The number of amides is 2. The molecule has 4 unspecified atom stereocenters. The Morgan fingerprint density at radius 1 is 1.10 bits per heavy atom. The van der Waals surface area contributed by atoms with Crippen LogP contribution in [0.1, 0.15) is 94.6 Å². The molecule has 1 heterocycles. The molecule has 1 aromatic carbocycles. The van der Waals surface area contributed by atoms with E-state index in [-0.39, 0.29) is 37.6 Å². The van der Waals surface area contributed by atoms with Gasteiger partial charge in [-0.3, -0.25) is 9.59 Å². The van der Waals surface area contributed by atoms with Crippen LogP contribution in [0, 0.1) is 0 Å². The predicted octanol–water partition coefficient (Wildman–Crippen LogP) is 3.33. The third kappa shape index (κ3) is 6.47. The molecule has 0 saturated heterocycles. The highest BCUT2D eigenvalue weighted by Gasteiger charge is 2.52. The first-order chi connectivity index (χ1) is 19.4. The number of nitrogens with one attached hydrogen (secondary N) is 1. The maximum absolute atomic E-state index is 13.8. The lowest BCUT2D eigenvalue weighted by molar-refractivity contribution is -0.141. The van der Waals surface area contributed by atoms with E-state index in [0.717, 1.165) is 64.2 Å². The Balaban J connectivity index is 1.72. The van der Waals surface area contributed by atoms with Gasteiger partial charge in [0.1, 0.15) is 12.2 Å². The van der Waals surface area contributed by atoms with E-state index in [1.807, 2.05) is 4.90 Å². The van der Waals surface area contributed by atoms with E-state index >= 15 is 0 Å². The van der Waals surface area contributed by atoms with Crippen LogP contribution in [0.25, 0.3) is 0 Å². The van der Waals surface area contributed by atoms with E-state index < -0.39 is 24.2 Å². The second-order valence-electron chi connectivity index (χ2n) is 11.3. The van der Waals surface area contributed by atoms with Gasteiger partial charge in [-0.25, -0.2) is 0 Å². The topological polar surface area (TPSA) is 129 Å². The minimum atomic E-state index is -1.07. The minimum Gasteiger partial charge on any atom is -0.493 e. The van der Waals surface area contributed by atoms with Crippen LogP contribution < -0.4 is 14.8 Å².